The standard InChI is InChI=1S/C12H24N4O3S/c1-8(2)19-9(13)16(11(18)15(6)7)10(17)14-20-12(3,4)5/h8,13H,1-7H3,(H,14,17). The molecule has 0 saturated heterocycles. The third kappa shape index (κ3) is 6.65. The van der Waals surface area contributed by atoms with E-state index < -0.39 is 18.1 Å². The van der Waals surface area contributed by atoms with Gasteiger partial charge in [-0.3, -0.25) is 10.1 Å². The van der Waals surface area contributed by atoms with Crippen LogP contribution in [0.4, 0.5) is 9.59 Å². The van der Waals surface area contributed by atoms with Crippen LogP contribution in [0.25, 0.3) is 0 Å². The third-order valence-corrected chi connectivity index (χ3v) is 2.66. The highest BCUT2D eigenvalue weighted by Crippen LogP contribution is 2.20. The summed E-state index contributed by atoms with van der Waals surface area (Å²) in [5, 5.41) is 7.75. The van der Waals surface area contributed by atoms with Gasteiger partial charge < -0.3 is 9.64 Å². The lowest BCUT2D eigenvalue weighted by Crippen LogP contribution is -2.51. The first-order chi connectivity index (χ1) is 8.95. The number of carbonyl (C=O) groups is 2. The van der Waals surface area contributed by atoms with Gasteiger partial charge >= 0.3 is 18.1 Å². The Hall–Kier alpha value is -1.44. The second-order valence-electron chi connectivity index (χ2n) is 5.61. The van der Waals surface area contributed by atoms with Crippen molar-refractivity contribution in [1.29, 1.82) is 5.41 Å². The second-order valence-corrected chi connectivity index (χ2v) is 7.24. The summed E-state index contributed by atoms with van der Waals surface area (Å²) in [6, 6.07) is -1.83. The lowest BCUT2D eigenvalue weighted by atomic mass is 10.3. The molecule has 0 fully saturated rings. The number of amides is 4. The Labute approximate surface area is 124 Å². The summed E-state index contributed by atoms with van der Waals surface area (Å²) in [4.78, 5) is 26.0. The van der Waals surface area contributed by atoms with Crippen LogP contribution in [-0.4, -0.2) is 52.8 Å². The lowest BCUT2D eigenvalue weighted by Gasteiger charge is -2.26. The van der Waals surface area contributed by atoms with Gasteiger partial charge in [0.15, 0.2) is 0 Å². The third-order valence-electron chi connectivity index (χ3n) is 1.77. The van der Waals surface area contributed by atoms with Crippen LogP contribution >= 0.6 is 11.9 Å². The summed E-state index contributed by atoms with van der Waals surface area (Å²) < 4.78 is 7.47. The quantitative estimate of drug-likeness (QED) is 0.466. The monoisotopic (exact) mass is 304 g/mol. The van der Waals surface area contributed by atoms with Crippen LogP contribution < -0.4 is 4.72 Å². The van der Waals surface area contributed by atoms with Crippen molar-refractivity contribution in [3.8, 4) is 0 Å². The number of imide groups is 1. The topological polar surface area (TPSA) is 85.7 Å². The molecule has 0 radical (unpaired) electrons. The fraction of sp³-hybridized carbons (Fsp3) is 0.750. The van der Waals surface area contributed by atoms with Crippen molar-refractivity contribution in [3.05, 3.63) is 0 Å². The fourth-order valence-electron chi connectivity index (χ4n) is 0.984. The van der Waals surface area contributed by atoms with Crippen LogP contribution in [-0.2, 0) is 4.74 Å². The van der Waals surface area contributed by atoms with Gasteiger partial charge in [0.25, 0.3) is 0 Å². The average Bonchev–Trinajstić information content (AvgIpc) is 2.24. The van der Waals surface area contributed by atoms with E-state index in [0.717, 1.165) is 0 Å². The maximum atomic E-state index is 12.1. The molecular weight excluding hydrogens is 280 g/mol. The minimum absolute atomic E-state index is 0.205. The minimum Gasteiger partial charge on any atom is -0.462 e. The van der Waals surface area contributed by atoms with E-state index in [0.29, 0.717) is 4.90 Å². The summed E-state index contributed by atoms with van der Waals surface area (Å²) in [5.74, 6) is 0. The van der Waals surface area contributed by atoms with E-state index in [9.17, 15) is 9.59 Å². The first-order valence-electron chi connectivity index (χ1n) is 6.20. The van der Waals surface area contributed by atoms with Gasteiger partial charge in [0.05, 0.1) is 6.10 Å². The Balaban J connectivity index is 4.98. The van der Waals surface area contributed by atoms with E-state index >= 15 is 0 Å². The molecule has 0 rings (SSSR count). The number of ether oxygens (including phenoxy) is 1. The summed E-state index contributed by atoms with van der Waals surface area (Å²) in [5.41, 5.74) is 0. The van der Waals surface area contributed by atoms with Gasteiger partial charge in [-0.25, -0.2) is 9.59 Å². The van der Waals surface area contributed by atoms with Crippen LogP contribution in [0, 0.1) is 5.41 Å². The van der Waals surface area contributed by atoms with Crippen LogP contribution in [0.5, 0.6) is 0 Å². The van der Waals surface area contributed by atoms with Crippen molar-refractivity contribution in [2.24, 2.45) is 0 Å². The molecule has 0 saturated carbocycles. The van der Waals surface area contributed by atoms with E-state index in [-0.39, 0.29) is 10.9 Å². The maximum absolute atomic E-state index is 12.1. The Morgan fingerprint density at radius 1 is 1.25 bits per heavy atom. The number of nitrogens with zero attached hydrogens (tertiary/aromatic N) is 2. The van der Waals surface area contributed by atoms with Crippen molar-refractivity contribution >= 4 is 30.0 Å². The van der Waals surface area contributed by atoms with Crippen molar-refractivity contribution < 1.29 is 14.3 Å². The summed E-state index contributed by atoms with van der Waals surface area (Å²) in [6.07, 6.45) is -0.303. The SMILES string of the molecule is CC(C)OC(=N)N(C(=O)NSC(C)(C)C)C(=O)N(C)C. The van der Waals surface area contributed by atoms with E-state index in [4.69, 9.17) is 10.1 Å². The molecule has 0 aromatic carbocycles. The first kappa shape index (κ1) is 18.6. The molecular formula is C12H24N4O3S. The van der Waals surface area contributed by atoms with Gasteiger partial charge in [0, 0.05) is 18.8 Å². The average molecular weight is 304 g/mol. The highest BCUT2D eigenvalue weighted by atomic mass is 32.2. The number of urea groups is 2. The molecule has 0 aromatic rings. The molecule has 116 valence electrons. The van der Waals surface area contributed by atoms with Gasteiger partial charge in [0.1, 0.15) is 0 Å². The summed E-state index contributed by atoms with van der Waals surface area (Å²) >= 11 is 1.17. The van der Waals surface area contributed by atoms with Crippen molar-refractivity contribution in [3.63, 3.8) is 0 Å². The fourth-order valence-corrected chi connectivity index (χ4v) is 1.47. The molecule has 2 N–H and O–H groups in total. The molecule has 0 aliphatic heterocycles. The van der Waals surface area contributed by atoms with Crippen LogP contribution in [0.2, 0.25) is 0 Å². The lowest BCUT2D eigenvalue weighted by molar-refractivity contribution is 0.158. The van der Waals surface area contributed by atoms with E-state index in [1.165, 1.54) is 30.9 Å². The number of amidine groups is 1. The maximum Gasteiger partial charge on any atom is 0.343 e. The van der Waals surface area contributed by atoms with Gasteiger partial charge in [-0.1, -0.05) is 0 Å². The Morgan fingerprint density at radius 2 is 1.75 bits per heavy atom. The molecule has 0 aliphatic carbocycles. The molecule has 0 aromatic heterocycles. The number of rotatable bonds is 2. The van der Waals surface area contributed by atoms with E-state index in [1.54, 1.807) is 13.8 Å². The molecule has 20 heavy (non-hydrogen) atoms. The molecule has 7 nitrogen and oxygen atoms in total. The van der Waals surface area contributed by atoms with Crippen molar-refractivity contribution in [2.75, 3.05) is 14.1 Å². The van der Waals surface area contributed by atoms with Gasteiger partial charge in [-0.05, 0) is 46.6 Å². The zero-order valence-electron chi connectivity index (χ0n) is 13.1. The number of carbonyl (C=O) groups excluding carboxylic acids is 2. The van der Waals surface area contributed by atoms with Gasteiger partial charge in [-0.15, -0.1) is 0 Å². The van der Waals surface area contributed by atoms with E-state index in [2.05, 4.69) is 4.72 Å². The molecule has 8 heteroatoms. The minimum atomic E-state index is -0.700. The Kier molecular flexibility index (Phi) is 6.84. The van der Waals surface area contributed by atoms with Crippen LogP contribution in [0.3, 0.4) is 0 Å². The number of hydrogen-bond donors (Lipinski definition) is 2. The highest BCUT2D eigenvalue weighted by Gasteiger charge is 2.30. The Bertz CT molecular complexity index is 377. The molecule has 0 unspecified atom stereocenters. The zero-order valence-corrected chi connectivity index (χ0v) is 13.9. The molecule has 4 amide bonds. The number of hydrogen-bond acceptors (Lipinski definition) is 5. The molecule has 0 atom stereocenters. The normalized spacial score (nSPS) is 11.0. The van der Waals surface area contributed by atoms with Crippen molar-refractivity contribution in [2.45, 2.75) is 45.5 Å². The second kappa shape index (κ2) is 7.37. The van der Waals surface area contributed by atoms with Crippen LogP contribution in [0.15, 0.2) is 0 Å². The molecule has 0 spiro atoms. The Morgan fingerprint density at radius 3 is 2.10 bits per heavy atom. The number of nitrogens with one attached hydrogen (secondary N) is 2. The van der Waals surface area contributed by atoms with Crippen LogP contribution in [0.1, 0.15) is 34.6 Å². The van der Waals surface area contributed by atoms with E-state index in [1.807, 2.05) is 20.8 Å². The predicted molar refractivity (Wildman–Crippen MR) is 80.7 cm³/mol. The highest BCUT2D eigenvalue weighted by molar-refractivity contribution is 7.99. The van der Waals surface area contributed by atoms with Crippen molar-refractivity contribution in [1.82, 2.24) is 14.5 Å². The molecule has 0 bridgehead atoms. The smallest absolute Gasteiger partial charge is 0.343 e. The van der Waals surface area contributed by atoms with Gasteiger partial charge in [-0.2, -0.15) is 4.90 Å². The predicted octanol–water partition coefficient (Wildman–Crippen LogP) is 2.49. The summed E-state index contributed by atoms with van der Waals surface area (Å²) in [6.45, 7) is 9.20. The molecule has 0 heterocycles. The largest absolute Gasteiger partial charge is 0.462 e. The van der Waals surface area contributed by atoms with Gasteiger partial charge in [0.2, 0.25) is 0 Å². The zero-order chi connectivity index (χ0) is 16.1. The first-order valence-corrected chi connectivity index (χ1v) is 7.02. The summed E-state index contributed by atoms with van der Waals surface area (Å²) in [7, 11) is 3.00. The molecule has 0 aliphatic rings.